The van der Waals surface area contributed by atoms with Gasteiger partial charge in [-0.05, 0) is 29.2 Å². The molecule has 0 saturated heterocycles. The molecule has 20 heavy (non-hydrogen) atoms. The van der Waals surface area contributed by atoms with Crippen LogP contribution in [0.25, 0.3) is 11.1 Å². The van der Waals surface area contributed by atoms with E-state index in [-0.39, 0.29) is 11.8 Å². The van der Waals surface area contributed by atoms with Gasteiger partial charge in [0.15, 0.2) is 0 Å². The average molecular weight is 354 g/mol. The molecule has 0 aliphatic heterocycles. The lowest BCUT2D eigenvalue weighted by Gasteiger charge is -2.10. The first kappa shape index (κ1) is 15.1. The van der Waals surface area contributed by atoms with Gasteiger partial charge in [-0.15, -0.1) is 11.6 Å². The van der Waals surface area contributed by atoms with E-state index in [0.29, 0.717) is 6.42 Å². The molecule has 2 nitrogen and oxygen atoms in total. The highest BCUT2D eigenvalue weighted by atomic mass is 79.9. The molecule has 0 bridgehead atoms. The molecule has 0 spiro atoms. The molecule has 1 atom stereocenters. The first-order valence-corrected chi connectivity index (χ1v) is 7.49. The minimum Gasteiger partial charge on any atom is -0.481 e. The quantitative estimate of drug-likeness (QED) is 0.788. The minimum absolute atomic E-state index is 0.0282. The van der Waals surface area contributed by atoms with Gasteiger partial charge >= 0.3 is 5.97 Å². The van der Waals surface area contributed by atoms with E-state index in [4.69, 9.17) is 16.7 Å². The summed E-state index contributed by atoms with van der Waals surface area (Å²) in [5.41, 5.74) is 3.27. The molecule has 1 unspecified atom stereocenters. The zero-order chi connectivity index (χ0) is 14.5. The summed E-state index contributed by atoms with van der Waals surface area (Å²) < 4.78 is 0.986. The molecule has 2 rings (SSSR count). The van der Waals surface area contributed by atoms with E-state index in [0.717, 1.165) is 21.2 Å². The van der Waals surface area contributed by atoms with E-state index in [2.05, 4.69) is 28.1 Å². The van der Waals surface area contributed by atoms with E-state index in [1.165, 1.54) is 0 Å². The highest BCUT2D eigenvalue weighted by molar-refractivity contribution is 9.10. The van der Waals surface area contributed by atoms with Crippen molar-refractivity contribution >= 4 is 33.5 Å². The van der Waals surface area contributed by atoms with Gasteiger partial charge in [-0.25, -0.2) is 0 Å². The van der Waals surface area contributed by atoms with Crippen molar-refractivity contribution in [1.82, 2.24) is 0 Å². The summed E-state index contributed by atoms with van der Waals surface area (Å²) in [4.78, 5) is 10.6. The molecule has 0 fully saturated rings. The number of hydrogen-bond donors (Lipinski definition) is 1. The zero-order valence-corrected chi connectivity index (χ0v) is 13.1. The van der Waals surface area contributed by atoms with Gasteiger partial charge in [0.2, 0.25) is 0 Å². The second-order valence-corrected chi connectivity index (χ2v) is 6.05. The molecule has 104 valence electrons. The Hall–Kier alpha value is -1.32. The van der Waals surface area contributed by atoms with E-state index < -0.39 is 5.97 Å². The van der Waals surface area contributed by atoms with Crippen LogP contribution in [-0.4, -0.2) is 16.5 Å². The second kappa shape index (κ2) is 6.91. The molecule has 4 heteroatoms. The van der Waals surface area contributed by atoms with Crippen LogP contribution in [0.5, 0.6) is 0 Å². The van der Waals surface area contributed by atoms with Crippen LogP contribution in [0.3, 0.4) is 0 Å². The lowest BCUT2D eigenvalue weighted by Crippen LogP contribution is -2.10. The Balaban J connectivity index is 2.16. The fourth-order valence-electron chi connectivity index (χ4n) is 2.05. The third-order valence-electron chi connectivity index (χ3n) is 2.97. The molecule has 0 heterocycles. The molecule has 0 radical (unpaired) electrons. The Kier molecular flexibility index (Phi) is 5.21. The van der Waals surface area contributed by atoms with Gasteiger partial charge in [0.25, 0.3) is 0 Å². The summed E-state index contributed by atoms with van der Waals surface area (Å²) in [5, 5.41) is 8.33. The van der Waals surface area contributed by atoms with Crippen molar-refractivity contribution in [3.8, 4) is 11.1 Å². The number of carbonyl (C=O) groups is 1. The van der Waals surface area contributed by atoms with Gasteiger partial charge in [-0.1, -0.05) is 58.4 Å². The van der Waals surface area contributed by atoms with Crippen molar-refractivity contribution in [1.29, 1.82) is 0 Å². The molecule has 0 aliphatic rings. The van der Waals surface area contributed by atoms with Crippen LogP contribution >= 0.6 is 27.5 Å². The van der Waals surface area contributed by atoms with Crippen LogP contribution in [0.2, 0.25) is 0 Å². The third kappa shape index (κ3) is 4.09. The maximum Gasteiger partial charge on any atom is 0.304 e. The number of alkyl halides is 1. The average Bonchev–Trinajstić information content (AvgIpc) is 2.38. The van der Waals surface area contributed by atoms with Crippen LogP contribution in [-0.2, 0) is 11.2 Å². The molecular formula is C16H14BrClO2. The summed E-state index contributed by atoms with van der Waals surface area (Å²) in [6.45, 7) is 0. The van der Waals surface area contributed by atoms with Crippen molar-refractivity contribution in [3.05, 3.63) is 58.6 Å². The third-order valence-corrected chi connectivity index (χ3v) is 3.94. The number of hydrogen-bond acceptors (Lipinski definition) is 1. The predicted octanol–water partition coefficient (Wildman–Crippen LogP) is 4.74. The highest BCUT2D eigenvalue weighted by Crippen LogP contribution is 2.29. The Morgan fingerprint density at radius 2 is 1.90 bits per heavy atom. The molecule has 0 aliphatic carbocycles. The maximum atomic E-state index is 10.6. The van der Waals surface area contributed by atoms with Crippen molar-refractivity contribution in [2.24, 2.45) is 0 Å². The van der Waals surface area contributed by atoms with Gasteiger partial charge in [0.1, 0.15) is 0 Å². The predicted molar refractivity (Wildman–Crippen MR) is 85.2 cm³/mol. The number of rotatable bonds is 5. The monoisotopic (exact) mass is 352 g/mol. The van der Waals surface area contributed by atoms with E-state index in [1.807, 2.05) is 36.4 Å². The smallest absolute Gasteiger partial charge is 0.304 e. The standard InChI is InChI=1S/C16H14BrClO2/c17-15-9-11(8-13(18)10-16(19)20)6-7-14(15)12-4-2-1-3-5-12/h1-7,9,13H,8,10H2,(H,19,20). The minimum atomic E-state index is -0.870. The second-order valence-electron chi connectivity index (χ2n) is 4.58. The Morgan fingerprint density at radius 1 is 1.20 bits per heavy atom. The van der Waals surface area contributed by atoms with Crippen LogP contribution in [0, 0.1) is 0 Å². The van der Waals surface area contributed by atoms with Gasteiger partial charge < -0.3 is 5.11 Å². The number of benzene rings is 2. The molecule has 0 saturated carbocycles. The molecule has 2 aromatic rings. The lowest BCUT2D eigenvalue weighted by atomic mass is 10.0. The van der Waals surface area contributed by atoms with E-state index >= 15 is 0 Å². The van der Waals surface area contributed by atoms with Crippen LogP contribution in [0.4, 0.5) is 0 Å². The molecular weight excluding hydrogens is 340 g/mol. The topological polar surface area (TPSA) is 37.3 Å². The molecule has 0 aromatic heterocycles. The summed E-state index contributed by atoms with van der Waals surface area (Å²) >= 11 is 9.59. The Bertz CT molecular complexity index is 599. The summed E-state index contributed by atoms with van der Waals surface area (Å²) in [6.07, 6.45) is 0.515. The fourth-order valence-corrected chi connectivity index (χ4v) is 3.02. The SMILES string of the molecule is O=C(O)CC(Cl)Cc1ccc(-c2ccccc2)c(Br)c1. The van der Waals surface area contributed by atoms with Gasteiger partial charge in [-0.3, -0.25) is 4.79 Å². The van der Waals surface area contributed by atoms with Crippen LogP contribution in [0.15, 0.2) is 53.0 Å². The highest BCUT2D eigenvalue weighted by Gasteiger charge is 2.12. The maximum absolute atomic E-state index is 10.6. The summed E-state index contributed by atoms with van der Waals surface area (Å²) in [5.74, 6) is -0.870. The number of aliphatic carboxylic acids is 1. The Labute approximate surface area is 131 Å². The number of carboxylic acid groups (broad SMARTS) is 1. The van der Waals surface area contributed by atoms with Gasteiger partial charge in [0.05, 0.1) is 6.42 Å². The lowest BCUT2D eigenvalue weighted by molar-refractivity contribution is -0.137. The van der Waals surface area contributed by atoms with Crippen molar-refractivity contribution < 1.29 is 9.90 Å². The normalized spacial score (nSPS) is 12.1. The summed E-state index contributed by atoms with van der Waals surface area (Å²) in [6, 6.07) is 16.1. The zero-order valence-electron chi connectivity index (χ0n) is 10.7. The van der Waals surface area contributed by atoms with Crippen molar-refractivity contribution in [3.63, 3.8) is 0 Å². The van der Waals surface area contributed by atoms with Gasteiger partial charge in [-0.2, -0.15) is 0 Å². The van der Waals surface area contributed by atoms with Crippen molar-refractivity contribution in [2.45, 2.75) is 18.2 Å². The first-order valence-electron chi connectivity index (χ1n) is 6.26. The molecule has 1 N–H and O–H groups in total. The Morgan fingerprint density at radius 3 is 2.50 bits per heavy atom. The number of carboxylic acids is 1. The largest absolute Gasteiger partial charge is 0.481 e. The number of halogens is 2. The van der Waals surface area contributed by atoms with Crippen LogP contribution in [0.1, 0.15) is 12.0 Å². The first-order chi connectivity index (χ1) is 9.56. The van der Waals surface area contributed by atoms with E-state index in [1.54, 1.807) is 0 Å². The van der Waals surface area contributed by atoms with Crippen molar-refractivity contribution in [2.75, 3.05) is 0 Å². The summed E-state index contributed by atoms with van der Waals surface area (Å²) in [7, 11) is 0. The van der Waals surface area contributed by atoms with Gasteiger partial charge in [0, 0.05) is 9.85 Å². The molecule has 2 aromatic carbocycles. The molecule has 0 amide bonds. The van der Waals surface area contributed by atoms with E-state index in [9.17, 15) is 4.79 Å². The van der Waals surface area contributed by atoms with Crippen LogP contribution < -0.4 is 0 Å². The fraction of sp³-hybridized carbons (Fsp3) is 0.188.